The minimum absolute atomic E-state index is 0.175. The first-order chi connectivity index (χ1) is 9.20. The third-order valence-corrected chi connectivity index (χ3v) is 3.29. The number of hydrogen-bond acceptors (Lipinski definition) is 2. The Morgan fingerprint density at radius 2 is 1.95 bits per heavy atom. The summed E-state index contributed by atoms with van der Waals surface area (Å²) in [5.74, 6) is -0.175. The predicted molar refractivity (Wildman–Crippen MR) is 75.5 cm³/mol. The van der Waals surface area contributed by atoms with Crippen LogP contribution in [0.25, 0.3) is 0 Å². The van der Waals surface area contributed by atoms with E-state index >= 15 is 0 Å². The zero-order chi connectivity index (χ0) is 13.7. The summed E-state index contributed by atoms with van der Waals surface area (Å²) in [5, 5.41) is 3.44. The van der Waals surface area contributed by atoms with E-state index in [0.717, 1.165) is 24.1 Å². The van der Waals surface area contributed by atoms with Crippen LogP contribution in [0.3, 0.4) is 0 Å². The van der Waals surface area contributed by atoms with Gasteiger partial charge in [0.2, 0.25) is 0 Å². The van der Waals surface area contributed by atoms with E-state index in [1.165, 1.54) is 11.6 Å². The first-order valence-electron chi connectivity index (χ1n) is 6.59. The molecule has 0 spiro atoms. The van der Waals surface area contributed by atoms with Gasteiger partial charge in [-0.15, -0.1) is 0 Å². The largest absolute Gasteiger partial charge is 0.310 e. The van der Waals surface area contributed by atoms with Gasteiger partial charge in [0, 0.05) is 18.4 Å². The van der Waals surface area contributed by atoms with E-state index < -0.39 is 0 Å². The Balaban J connectivity index is 2.24. The van der Waals surface area contributed by atoms with Crippen molar-refractivity contribution in [2.75, 3.05) is 6.54 Å². The molecule has 1 N–H and O–H groups in total. The molecule has 0 fully saturated rings. The lowest BCUT2D eigenvalue weighted by Crippen LogP contribution is -2.23. The number of likely N-dealkylation sites (N-methyl/N-ethyl adjacent to an activating group) is 1. The van der Waals surface area contributed by atoms with E-state index in [1.54, 1.807) is 18.5 Å². The Hall–Kier alpha value is -1.74. The van der Waals surface area contributed by atoms with Crippen LogP contribution < -0.4 is 5.32 Å². The van der Waals surface area contributed by atoms with E-state index in [-0.39, 0.29) is 11.9 Å². The fourth-order valence-corrected chi connectivity index (χ4v) is 2.23. The van der Waals surface area contributed by atoms with Crippen LogP contribution in [0.5, 0.6) is 0 Å². The smallest absolute Gasteiger partial charge is 0.123 e. The molecule has 1 aromatic heterocycles. The molecule has 1 unspecified atom stereocenters. The van der Waals surface area contributed by atoms with Crippen LogP contribution in [-0.2, 0) is 6.42 Å². The number of rotatable bonds is 5. The van der Waals surface area contributed by atoms with Gasteiger partial charge in [-0.25, -0.2) is 4.39 Å². The van der Waals surface area contributed by atoms with Gasteiger partial charge in [0.1, 0.15) is 5.82 Å². The third-order valence-electron chi connectivity index (χ3n) is 3.29. The number of nitrogens with one attached hydrogen (secondary N) is 1. The maximum absolute atomic E-state index is 13.4. The van der Waals surface area contributed by atoms with Crippen molar-refractivity contribution in [1.29, 1.82) is 0 Å². The Labute approximate surface area is 113 Å². The fraction of sp³-hybridized carbons (Fsp3) is 0.312. The van der Waals surface area contributed by atoms with Crippen molar-refractivity contribution in [3.8, 4) is 0 Å². The molecule has 3 heteroatoms. The molecule has 2 rings (SSSR count). The second kappa shape index (κ2) is 6.43. The number of nitrogens with zero attached hydrogens (tertiary/aromatic N) is 1. The zero-order valence-electron chi connectivity index (χ0n) is 11.4. The molecule has 19 heavy (non-hydrogen) atoms. The van der Waals surface area contributed by atoms with E-state index in [4.69, 9.17) is 0 Å². The van der Waals surface area contributed by atoms with Crippen molar-refractivity contribution < 1.29 is 4.39 Å². The van der Waals surface area contributed by atoms with Gasteiger partial charge in [0.25, 0.3) is 0 Å². The number of aromatic nitrogens is 1. The molecule has 100 valence electrons. The van der Waals surface area contributed by atoms with Gasteiger partial charge in [-0.3, -0.25) is 4.98 Å². The number of benzene rings is 1. The summed E-state index contributed by atoms with van der Waals surface area (Å²) in [6.45, 7) is 4.97. The SMILES string of the molecule is CCNC(Cc1cc(F)ccc1C)c1ccncc1. The lowest BCUT2D eigenvalue weighted by atomic mass is 9.96. The molecule has 0 radical (unpaired) electrons. The van der Waals surface area contributed by atoms with Crippen LogP contribution in [0.2, 0.25) is 0 Å². The van der Waals surface area contributed by atoms with E-state index in [2.05, 4.69) is 17.2 Å². The van der Waals surface area contributed by atoms with Crippen LogP contribution >= 0.6 is 0 Å². The van der Waals surface area contributed by atoms with Gasteiger partial charge in [0.05, 0.1) is 0 Å². The molecule has 2 nitrogen and oxygen atoms in total. The molecular weight excluding hydrogens is 239 g/mol. The monoisotopic (exact) mass is 258 g/mol. The van der Waals surface area contributed by atoms with Crippen molar-refractivity contribution in [3.63, 3.8) is 0 Å². The first-order valence-corrected chi connectivity index (χ1v) is 6.59. The lowest BCUT2D eigenvalue weighted by molar-refractivity contribution is 0.545. The molecule has 0 amide bonds. The maximum atomic E-state index is 13.4. The summed E-state index contributed by atoms with van der Waals surface area (Å²) < 4.78 is 13.4. The van der Waals surface area contributed by atoms with Crippen LogP contribution in [0, 0.1) is 12.7 Å². The highest BCUT2D eigenvalue weighted by molar-refractivity contribution is 5.29. The van der Waals surface area contributed by atoms with Crippen molar-refractivity contribution in [2.24, 2.45) is 0 Å². The summed E-state index contributed by atoms with van der Waals surface area (Å²) in [6, 6.07) is 9.16. The van der Waals surface area contributed by atoms with Crippen molar-refractivity contribution in [2.45, 2.75) is 26.3 Å². The van der Waals surface area contributed by atoms with Gasteiger partial charge in [-0.2, -0.15) is 0 Å². The lowest BCUT2D eigenvalue weighted by Gasteiger charge is -2.19. The molecule has 1 atom stereocenters. The van der Waals surface area contributed by atoms with Crippen molar-refractivity contribution in [3.05, 3.63) is 65.2 Å². The zero-order valence-corrected chi connectivity index (χ0v) is 11.4. The standard InChI is InChI=1S/C16H19FN2/c1-3-19-16(13-6-8-18-9-7-13)11-14-10-15(17)5-4-12(14)2/h4-10,16,19H,3,11H2,1-2H3. The maximum Gasteiger partial charge on any atom is 0.123 e. The van der Waals surface area contributed by atoms with Crippen molar-refractivity contribution >= 4 is 0 Å². The molecule has 0 aliphatic carbocycles. The Morgan fingerprint density at radius 3 is 2.63 bits per heavy atom. The van der Waals surface area contributed by atoms with E-state index in [0.29, 0.717) is 0 Å². The first kappa shape index (κ1) is 13.7. The predicted octanol–water partition coefficient (Wildman–Crippen LogP) is 3.42. The minimum atomic E-state index is -0.175. The molecule has 2 aromatic rings. The molecular formula is C16H19FN2. The number of aryl methyl sites for hydroxylation is 1. The summed E-state index contributed by atoms with van der Waals surface area (Å²) in [5.41, 5.74) is 3.35. The number of hydrogen-bond donors (Lipinski definition) is 1. The van der Waals surface area contributed by atoms with Gasteiger partial charge in [-0.1, -0.05) is 13.0 Å². The van der Waals surface area contributed by atoms with Crippen LogP contribution in [0.1, 0.15) is 29.7 Å². The third kappa shape index (κ3) is 3.61. The number of halogens is 1. The fourth-order valence-electron chi connectivity index (χ4n) is 2.23. The quantitative estimate of drug-likeness (QED) is 0.888. The normalized spacial score (nSPS) is 12.4. The summed E-state index contributed by atoms with van der Waals surface area (Å²) in [4.78, 5) is 4.04. The van der Waals surface area contributed by atoms with Crippen LogP contribution in [-0.4, -0.2) is 11.5 Å². The van der Waals surface area contributed by atoms with E-state index in [1.807, 2.05) is 25.1 Å². The van der Waals surface area contributed by atoms with Gasteiger partial charge in [-0.05, 0) is 60.8 Å². The highest BCUT2D eigenvalue weighted by Gasteiger charge is 2.12. The summed E-state index contributed by atoms with van der Waals surface area (Å²) in [7, 11) is 0. The second-order valence-electron chi connectivity index (χ2n) is 4.67. The molecule has 0 saturated heterocycles. The molecule has 1 heterocycles. The number of pyridine rings is 1. The average Bonchev–Trinajstić information content (AvgIpc) is 2.43. The van der Waals surface area contributed by atoms with Crippen LogP contribution in [0.4, 0.5) is 4.39 Å². The van der Waals surface area contributed by atoms with Crippen LogP contribution in [0.15, 0.2) is 42.7 Å². The molecule has 0 saturated carbocycles. The highest BCUT2D eigenvalue weighted by atomic mass is 19.1. The van der Waals surface area contributed by atoms with Gasteiger partial charge >= 0.3 is 0 Å². The van der Waals surface area contributed by atoms with Crippen molar-refractivity contribution in [1.82, 2.24) is 10.3 Å². The average molecular weight is 258 g/mol. The highest BCUT2D eigenvalue weighted by Crippen LogP contribution is 2.20. The Kier molecular flexibility index (Phi) is 4.63. The molecule has 0 bridgehead atoms. The summed E-state index contributed by atoms with van der Waals surface area (Å²) >= 11 is 0. The second-order valence-corrected chi connectivity index (χ2v) is 4.67. The Morgan fingerprint density at radius 1 is 1.21 bits per heavy atom. The molecule has 1 aromatic carbocycles. The topological polar surface area (TPSA) is 24.9 Å². The minimum Gasteiger partial charge on any atom is -0.310 e. The van der Waals surface area contributed by atoms with Gasteiger partial charge < -0.3 is 5.32 Å². The Bertz CT molecular complexity index is 526. The molecule has 0 aliphatic heterocycles. The molecule has 0 aliphatic rings. The van der Waals surface area contributed by atoms with Gasteiger partial charge in [0.15, 0.2) is 0 Å². The summed E-state index contributed by atoms with van der Waals surface area (Å²) in [6.07, 6.45) is 4.36. The van der Waals surface area contributed by atoms with E-state index in [9.17, 15) is 4.39 Å².